The van der Waals surface area contributed by atoms with Crippen molar-refractivity contribution in [3.05, 3.63) is 59.2 Å². The molecule has 0 fully saturated rings. The maximum atomic E-state index is 15.4. The predicted octanol–water partition coefficient (Wildman–Crippen LogP) is 4.05. The number of hydrogen-bond donors (Lipinski definition) is 4. The molecule has 1 atom stereocenters. The molecule has 0 bridgehead atoms. The Morgan fingerprint density at radius 1 is 1.22 bits per heavy atom. The van der Waals surface area contributed by atoms with E-state index >= 15 is 4.39 Å². The number of fused-ring (bicyclic) bond motifs is 3. The maximum absolute atomic E-state index is 15.4. The van der Waals surface area contributed by atoms with E-state index < -0.39 is 5.82 Å². The topological polar surface area (TPSA) is 127 Å². The number of aromatic nitrogens is 3. The molecular formula is C27H26FN7O2. The van der Waals surface area contributed by atoms with Gasteiger partial charge in [-0.1, -0.05) is 6.07 Å². The Balaban J connectivity index is 1.35. The second-order valence-corrected chi connectivity index (χ2v) is 9.27. The predicted molar refractivity (Wildman–Crippen MR) is 141 cm³/mol. The van der Waals surface area contributed by atoms with Gasteiger partial charge in [0, 0.05) is 48.2 Å². The molecule has 10 heteroatoms. The van der Waals surface area contributed by atoms with Crippen LogP contribution in [-0.2, 0) is 11.2 Å². The fourth-order valence-electron chi connectivity index (χ4n) is 5.20. The van der Waals surface area contributed by atoms with Crippen LogP contribution in [0.2, 0.25) is 0 Å². The van der Waals surface area contributed by atoms with Crippen molar-refractivity contribution < 1.29 is 13.9 Å². The van der Waals surface area contributed by atoms with Crippen molar-refractivity contribution in [3.8, 4) is 17.0 Å². The van der Waals surface area contributed by atoms with Gasteiger partial charge in [-0.15, -0.1) is 0 Å². The highest BCUT2D eigenvalue weighted by atomic mass is 19.1. The van der Waals surface area contributed by atoms with Crippen LogP contribution in [-0.4, -0.2) is 41.1 Å². The minimum atomic E-state index is -0.539. The molecule has 5 N–H and O–H groups in total. The Hall–Kier alpha value is -4.47. The molecule has 1 unspecified atom stereocenters. The highest BCUT2D eigenvalue weighted by Gasteiger charge is 2.28. The van der Waals surface area contributed by atoms with E-state index in [9.17, 15) is 4.79 Å². The van der Waals surface area contributed by atoms with Gasteiger partial charge in [0.05, 0.1) is 17.1 Å². The normalized spacial score (nSPS) is 15.9. The Bertz CT molecular complexity index is 1570. The number of nitrogen functional groups attached to an aromatic ring is 1. The van der Waals surface area contributed by atoms with Crippen LogP contribution in [0.4, 0.5) is 27.4 Å². The van der Waals surface area contributed by atoms with Gasteiger partial charge in [0.25, 0.3) is 0 Å². The quantitative estimate of drug-likeness (QED) is 0.310. The summed E-state index contributed by atoms with van der Waals surface area (Å²) in [4.78, 5) is 25.5. The van der Waals surface area contributed by atoms with Crippen molar-refractivity contribution in [1.82, 2.24) is 20.3 Å². The van der Waals surface area contributed by atoms with Gasteiger partial charge in [0.1, 0.15) is 12.3 Å². The molecule has 4 aromatic rings. The molecule has 1 amide bonds. The molecular weight excluding hydrogens is 473 g/mol. The summed E-state index contributed by atoms with van der Waals surface area (Å²) in [5, 5.41) is 9.68. The average molecular weight is 500 g/mol. The standard InChI is InChI=1S/C27H26FN7O2/c1-13-19(11-32-26-24(13)31-7-8-37-26)18-10-21-20(23(29)22(18)28)12-33-27(35-21)34-15-4-6-16-14(9-15)3-5-17(16)25(36)30-2/h4,6,9-12,17,31H,3,5,7-8,29H2,1-2H3,(H,30,36)(H,33,34,35). The van der Waals surface area contributed by atoms with Gasteiger partial charge in [-0.2, -0.15) is 0 Å². The molecule has 2 aromatic heterocycles. The summed E-state index contributed by atoms with van der Waals surface area (Å²) in [7, 11) is 1.66. The lowest BCUT2D eigenvalue weighted by Gasteiger charge is -2.22. The number of rotatable bonds is 4. The van der Waals surface area contributed by atoms with Gasteiger partial charge in [-0.25, -0.2) is 19.3 Å². The SMILES string of the molecule is CNC(=O)C1CCc2cc(Nc3ncc4c(N)c(F)c(-c5cnc6c(c5C)NCCO6)cc4n3)ccc21. The van der Waals surface area contributed by atoms with Crippen LogP contribution < -0.4 is 26.4 Å². The van der Waals surface area contributed by atoms with Gasteiger partial charge < -0.3 is 26.4 Å². The molecule has 9 nitrogen and oxygen atoms in total. The summed E-state index contributed by atoms with van der Waals surface area (Å²) in [5.74, 6) is 0.242. The molecule has 3 heterocycles. The second-order valence-electron chi connectivity index (χ2n) is 9.27. The lowest BCUT2D eigenvalue weighted by molar-refractivity contribution is -0.122. The highest BCUT2D eigenvalue weighted by Crippen LogP contribution is 2.39. The number of ether oxygens (including phenoxy) is 1. The van der Waals surface area contributed by atoms with Crippen molar-refractivity contribution in [2.75, 3.05) is 36.6 Å². The number of hydrogen-bond acceptors (Lipinski definition) is 8. The van der Waals surface area contributed by atoms with Crippen molar-refractivity contribution in [2.45, 2.75) is 25.7 Å². The molecule has 1 aliphatic heterocycles. The molecule has 37 heavy (non-hydrogen) atoms. The van der Waals surface area contributed by atoms with Crippen molar-refractivity contribution >= 4 is 39.8 Å². The molecule has 1 aliphatic carbocycles. The van der Waals surface area contributed by atoms with E-state index in [1.165, 1.54) is 6.20 Å². The third kappa shape index (κ3) is 3.85. The number of amides is 1. The fourth-order valence-corrected chi connectivity index (χ4v) is 5.20. The van der Waals surface area contributed by atoms with E-state index in [-0.39, 0.29) is 17.5 Å². The van der Waals surface area contributed by atoms with Crippen molar-refractivity contribution in [2.24, 2.45) is 0 Å². The first-order chi connectivity index (χ1) is 17.9. The molecule has 0 saturated carbocycles. The molecule has 0 spiro atoms. The van der Waals surface area contributed by atoms with Crippen LogP contribution in [0.1, 0.15) is 29.0 Å². The Morgan fingerprint density at radius 3 is 2.92 bits per heavy atom. The summed E-state index contributed by atoms with van der Waals surface area (Å²) in [5.41, 5.74) is 12.2. The molecule has 0 saturated heterocycles. The van der Waals surface area contributed by atoms with Gasteiger partial charge in [-0.05, 0) is 54.7 Å². The number of nitrogens with two attached hydrogens (primary N) is 1. The van der Waals surface area contributed by atoms with E-state index in [0.29, 0.717) is 47.0 Å². The molecule has 188 valence electrons. The van der Waals surface area contributed by atoms with Crippen LogP contribution in [0.5, 0.6) is 5.88 Å². The third-order valence-corrected chi connectivity index (χ3v) is 7.14. The first-order valence-corrected chi connectivity index (χ1v) is 12.2. The Labute approximate surface area is 212 Å². The van der Waals surface area contributed by atoms with Crippen LogP contribution >= 0.6 is 0 Å². The van der Waals surface area contributed by atoms with Gasteiger partial charge >= 0.3 is 0 Å². The minimum absolute atomic E-state index is 0.0156. The van der Waals surface area contributed by atoms with Crippen LogP contribution in [0.15, 0.2) is 36.7 Å². The van der Waals surface area contributed by atoms with E-state index in [4.69, 9.17) is 10.5 Å². The number of nitrogens with zero attached hydrogens (tertiary/aromatic N) is 3. The summed E-state index contributed by atoms with van der Waals surface area (Å²) in [6.07, 6.45) is 4.74. The lowest BCUT2D eigenvalue weighted by Crippen LogP contribution is -2.24. The number of carbonyl (C=O) groups is 1. The number of likely N-dealkylation sites (N-methyl/N-ethyl adjacent to an activating group) is 1. The summed E-state index contributed by atoms with van der Waals surface area (Å²) in [6.45, 7) is 3.08. The number of benzene rings is 2. The van der Waals surface area contributed by atoms with E-state index in [2.05, 4.69) is 30.9 Å². The number of pyridine rings is 1. The minimum Gasteiger partial charge on any atom is -0.474 e. The van der Waals surface area contributed by atoms with E-state index in [1.54, 1.807) is 19.3 Å². The Kier molecular flexibility index (Phi) is 5.51. The van der Waals surface area contributed by atoms with Gasteiger partial charge in [0.15, 0.2) is 5.82 Å². The number of aryl methyl sites for hydroxylation is 1. The first-order valence-electron chi connectivity index (χ1n) is 12.2. The van der Waals surface area contributed by atoms with E-state index in [1.807, 2.05) is 25.1 Å². The lowest BCUT2D eigenvalue weighted by atomic mass is 9.98. The number of nitrogens with one attached hydrogen (secondary N) is 3. The highest BCUT2D eigenvalue weighted by molar-refractivity contribution is 5.96. The largest absolute Gasteiger partial charge is 0.474 e. The summed E-state index contributed by atoms with van der Waals surface area (Å²) in [6, 6.07) is 7.58. The average Bonchev–Trinajstić information content (AvgIpc) is 3.34. The Morgan fingerprint density at radius 2 is 2.08 bits per heavy atom. The third-order valence-electron chi connectivity index (χ3n) is 7.14. The summed E-state index contributed by atoms with van der Waals surface area (Å²) < 4.78 is 21.0. The smallest absolute Gasteiger partial charge is 0.237 e. The summed E-state index contributed by atoms with van der Waals surface area (Å²) >= 11 is 0. The molecule has 2 aliphatic rings. The first kappa shape index (κ1) is 23.0. The van der Waals surface area contributed by atoms with Gasteiger partial charge in [0.2, 0.25) is 17.7 Å². The second kappa shape index (κ2) is 8.88. The van der Waals surface area contributed by atoms with E-state index in [0.717, 1.165) is 40.9 Å². The number of anilines is 4. The number of halogens is 1. The van der Waals surface area contributed by atoms with Crippen molar-refractivity contribution in [3.63, 3.8) is 0 Å². The number of carbonyl (C=O) groups excluding carboxylic acids is 1. The zero-order chi connectivity index (χ0) is 25.7. The zero-order valence-electron chi connectivity index (χ0n) is 20.5. The van der Waals surface area contributed by atoms with Crippen molar-refractivity contribution in [1.29, 1.82) is 0 Å². The molecule has 2 aromatic carbocycles. The van der Waals surface area contributed by atoms with Gasteiger partial charge in [-0.3, -0.25) is 4.79 Å². The molecule has 0 radical (unpaired) electrons. The van der Waals surface area contributed by atoms with Crippen LogP contribution in [0, 0.1) is 12.7 Å². The zero-order valence-corrected chi connectivity index (χ0v) is 20.5. The monoisotopic (exact) mass is 499 g/mol. The molecule has 6 rings (SSSR count). The van der Waals surface area contributed by atoms with Crippen LogP contribution in [0.3, 0.4) is 0 Å². The van der Waals surface area contributed by atoms with Crippen LogP contribution in [0.25, 0.3) is 22.0 Å². The fraction of sp³-hybridized carbons (Fsp3) is 0.259. The maximum Gasteiger partial charge on any atom is 0.237 e.